The largest absolute Gasteiger partial charge is 0.498 e. The van der Waals surface area contributed by atoms with E-state index in [1.54, 1.807) is 7.11 Å². The summed E-state index contributed by atoms with van der Waals surface area (Å²) in [5.74, 6) is 0.735. The van der Waals surface area contributed by atoms with E-state index in [4.69, 9.17) is 4.74 Å². The highest BCUT2D eigenvalue weighted by molar-refractivity contribution is 5.32. The van der Waals surface area contributed by atoms with Gasteiger partial charge in [-0.2, -0.15) is 0 Å². The Morgan fingerprint density at radius 3 is 2.46 bits per heavy atom. The lowest BCUT2D eigenvalue weighted by atomic mass is 10.0. The van der Waals surface area contributed by atoms with E-state index in [2.05, 4.69) is 11.1 Å². The molecule has 0 fully saturated rings. The van der Waals surface area contributed by atoms with Crippen LogP contribution >= 0.6 is 0 Å². The van der Waals surface area contributed by atoms with E-state index < -0.39 is 0 Å². The average molecular weight is 177 g/mol. The van der Waals surface area contributed by atoms with Gasteiger partial charge in [0, 0.05) is 5.01 Å². The molecule has 0 aliphatic carbocycles. The fourth-order valence-electron chi connectivity index (χ4n) is 1.05. The van der Waals surface area contributed by atoms with Gasteiger partial charge in [0.05, 0.1) is 7.11 Å². The van der Waals surface area contributed by atoms with Crippen LogP contribution in [0.15, 0.2) is 24.3 Å². The van der Waals surface area contributed by atoms with Crippen molar-refractivity contribution in [3.05, 3.63) is 40.0 Å². The smallest absolute Gasteiger partial charge is 0.306 e. The maximum atomic E-state index is 9.93. The fourth-order valence-corrected chi connectivity index (χ4v) is 1.05. The minimum Gasteiger partial charge on any atom is -0.498 e. The number of nitrogens with zero attached hydrogens (tertiary/aromatic N) is 1. The van der Waals surface area contributed by atoms with E-state index in [0.29, 0.717) is 0 Å². The molecule has 0 bridgehead atoms. The summed E-state index contributed by atoms with van der Waals surface area (Å²) in [4.78, 5) is 0. The van der Waals surface area contributed by atoms with Crippen LogP contribution in [0.2, 0.25) is 0 Å². The first-order valence-corrected chi connectivity index (χ1v) is 3.99. The molecule has 0 aromatic heterocycles. The van der Waals surface area contributed by atoms with E-state index >= 15 is 0 Å². The van der Waals surface area contributed by atoms with Crippen LogP contribution in [0.1, 0.15) is 18.4 Å². The molecule has 0 amide bonds. The quantitative estimate of drug-likeness (QED) is 0.651. The Hall–Kier alpha value is -1.69. The van der Waals surface area contributed by atoms with Gasteiger partial charge in [-0.15, -0.1) is 0 Å². The van der Waals surface area contributed by atoms with Gasteiger partial charge in [-0.05, 0) is 24.6 Å². The van der Waals surface area contributed by atoms with Crippen molar-refractivity contribution >= 4 is 0 Å². The Bertz CT molecular complexity index is 321. The first-order valence-electron chi connectivity index (χ1n) is 3.99. The zero-order chi connectivity index (χ0) is 9.68. The van der Waals surface area contributed by atoms with Crippen molar-refractivity contribution in [2.24, 2.45) is 0 Å². The lowest BCUT2D eigenvalue weighted by Crippen LogP contribution is -1.89. The molecule has 0 aliphatic heterocycles. The fraction of sp³-hybridized carbons (Fsp3) is 0.300. The summed E-state index contributed by atoms with van der Waals surface area (Å²) >= 11 is 0. The molecule has 3 nitrogen and oxygen atoms in total. The number of ether oxygens (including phenoxy) is 1. The van der Waals surface area contributed by atoms with Gasteiger partial charge in [0.15, 0.2) is 0 Å². The summed E-state index contributed by atoms with van der Waals surface area (Å²) in [5.41, 5.74) is 1.00. The van der Waals surface area contributed by atoms with Gasteiger partial charge < -0.3 is 9.94 Å². The maximum absolute atomic E-state index is 9.93. The summed E-state index contributed by atoms with van der Waals surface area (Å²) in [6.45, 7) is 1.86. The molecule has 0 spiro atoms. The Balaban J connectivity index is 2.83. The van der Waals surface area contributed by atoms with Crippen molar-refractivity contribution < 1.29 is 4.74 Å². The Kier molecular flexibility index (Phi) is 3.15. The lowest BCUT2D eigenvalue weighted by molar-refractivity contribution is 0.414. The van der Waals surface area contributed by atoms with Crippen molar-refractivity contribution in [1.82, 2.24) is 0 Å². The molecular formula is C10H11NO2. The van der Waals surface area contributed by atoms with Gasteiger partial charge in [0.25, 0.3) is 0 Å². The number of hydrogen-bond donors (Lipinski definition) is 0. The van der Waals surface area contributed by atoms with Crippen LogP contribution in [0, 0.1) is 11.3 Å². The van der Waals surface area contributed by atoms with Crippen LogP contribution < -0.4 is 4.74 Å². The molecule has 1 rings (SSSR count). The van der Waals surface area contributed by atoms with E-state index in [9.17, 15) is 5.21 Å². The second-order valence-electron chi connectivity index (χ2n) is 2.72. The molecule has 0 saturated carbocycles. The Morgan fingerprint density at radius 2 is 2.00 bits per heavy atom. The van der Waals surface area contributed by atoms with E-state index in [1.807, 2.05) is 31.2 Å². The molecular weight excluding hydrogens is 166 g/mol. The van der Waals surface area contributed by atoms with Crippen molar-refractivity contribution in [2.75, 3.05) is 7.11 Å². The molecule has 0 N–H and O–H groups in total. The maximum Gasteiger partial charge on any atom is 0.306 e. The minimum absolute atomic E-state index is 0.0663. The summed E-state index contributed by atoms with van der Waals surface area (Å²) in [7, 11) is 1.61. The minimum atomic E-state index is -0.0663. The van der Waals surface area contributed by atoms with E-state index in [-0.39, 0.29) is 5.92 Å². The van der Waals surface area contributed by atoms with Crippen molar-refractivity contribution in [3.63, 3.8) is 0 Å². The normalized spacial score (nSPS) is 11.2. The van der Waals surface area contributed by atoms with Gasteiger partial charge >= 0.3 is 6.07 Å². The van der Waals surface area contributed by atoms with Gasteiger partial charge in [-0.25, -0.2) is 0 Å². The molecule has 0 heterocycles. The van der Waals surface area contributed by atoms with Crippen molar-refractivity contribution in [1.29, 1.82) is 0 Å². The number of rotatable bonds is 2. The highest BCUT2D eigenvalue weighted by atomic mass is 16.5. The van der Waals surface area contributed by atoms with Crippen LogP contribution in [0.4, 0.5) is 0 Å². The molecule has 13 heavy (non-hydrogen) atoms. The van der Waals surface area contributed by atoms with Crippen LogP contribution in [0.3, 0.4) is 0 Å². The number of hydrogen-bond acceptors (Lipinski definition) is 2. The molecule has 0 saturated heterocycles. The molecule has 1 aromatic rings. The monoisotopic (exact) mass is 177 g/mol. The Morgan fingerprint density at radius 1 is 1.38 bits per heavy atom. The lowest BCUT2D eigenvalue weighted by Gasteiger charge is -2.02. The molecule has 0 unspecified atom stereocenters. The Labute approximate surface area is 77.4 Å². The molecule has 68 valence electrons. The summed E-state index contributed by atoms with van der Waals surface area (Å²) in [6, 6.07) is 9.90. The second-order valence-corrected chi connectivity index (χ2v) is 2.72. The standard InChI is InChI=1S/C10H11NO2/c1-8(7-11-12)9-3-5-10(13-2)6-4-9/h3-6,8H,1-2H3/t8-/m0/s1. The highest BCUT2D eigenvalue weighted by Gasteiger charge is 2.06. The first-order chi connectivity index (χ1) is 6.27. The first kappa shape index (κ1) is 9.40. The van der Waals surface area contributed by atoms with Gasteiger partial charge in [0.1, 0.15) is 11.7 Å². The average Bonchev–Trinajstić information content (AvgIpc) is 2.18. The zero-order valence-corrected chi connectivity index (χ0v) is 7.65. The summed E-state index contributed by atoms with van der Waals surface area (Å²) < 4.78 is 5.00. The van der Waals surface area contributed by atoms with Crippen LogP contribution in [0.5, 0.6) is 5.75 Å². The predicted octanol–water partition coefficient (Wildman–Crippen LogP) is 2.63. The third-order valence-corrected chi connectivity index (χ3v) is 1.86. The molecule has 1 aromatic carbocycles. The molecule has 1 atom stereocenters. The van der Waals surface area contributed by atoms with Gasteiger partial charge in [-0.1, -0.05) is 12.1 Å². The highest BCUT2D eigenvalue weighted by Crippen LogP contribution is 2.18. The molecule has 0 radical (unpaired) electrons. The predicted molar refractivity (Wildman–Crippen MR) is 52.0 cm³/mol. The SMILES string of the molecule is COc1ccc([C@@H](C)C#[N+][O-])cc1. The van der Waals surface area contributed by atoms with E-state index in [1.165, 1.54) is 0 Å². The summed E-state index contributed by atoms with van der Waals surface area (Å²) in [6.07, 6.45) is 0. The number of methoxy groups -OCH3 is 1. The van der Waals surface area contributed by atoms with Crippen molar-refractivity contribution in [3.8, 4) is 11.8 Å². The van der Waals surface area contributed by atoms with E-state index in [0.717, 1.165) is 11.3 Å². The third-order valence-electron chi connectivity index (χ3n) is 1.86. The van der Waals surface area contributed by atoms with Crippen molar-refractivity contribution in [2.45, 2.75) is 12.8 Å². The summed E-state index contributed by atoms with van der Waals surface area (Å²) in [5, 5.41) is 12.5. The molecule has 3 heteroatoms. The number of benzene rings is 1. The van der Waals surface area contributed by atoms with Crippen LogP contribution in [-0.2, 0) is 0 Å². The third kappa shape index (κ3) is 2.38. The second kappa shape index (κ2) is 4.36. The van der Waals surface area contributed by atoms with Gasteiger partial charge in [0.2, 0.25) is 0 Å². The van der Waals surface area contributed by atoms with Crippen LogP contribution in [0.25, 0.3) is 5.01 Å². The zero-order valence-electron chi connectivity index (χ0n) is 7.65. The topological polar surface area (TPSA) is 36.6 Å². The van der Waals surface area contributed by atoms with Gasteiger partial charge in [-0.3, -0.25) is 0 Å². The van der Waals surface area contributed by atoms with Crippen LogP contribution in [-0.4, -0.2) is 7.11 Å². The molecule has 0 aliphatic rings.